The largest absolute Gasteiger partial charge is 0.497 e. The van der Waals surface area contributed by atoms with E-state index in [-0.39, 0.29) is 11.9 Å². The van der Waals surface area contributed by atoms with E-state index in [0.29, 0.717) is 37.1 Å². The van der Waals surface area contributed by atoms with E-state index in [0.717, 1.165) is 44.7 Å². The smallest absolute Gasteiger partial charge is 0.321 e. The number of carbonyl (C=O) groups excluding carboxylic acids is 2. The molecule has 7 nitrogen and oxygen atoms in total. The van der Waals surface area contributed by atoms with Gasteiger partial charge in [-0.25, -0.2) is 4.79 Å². The van der Waals surface area contributed by atoms with Crippen LogP contribution in [0.15, 0.2) is 24.3 Å². The van der Waals surface area contributed by atoms with Gasteiger partial charge in [0.05, 0.1) is 7.11 Å². The predicted molar refractivity (Wildman–Crippen MR) is 119 cm³/mol. The van der Waals surface area contributed by atoms with E-state index < -0.39 is 0 Å². The van der Waals surface area contributed by atoms with Crippen LogP contribution in [0, 0.1) is 11.8 Å². The number of urea groups is 1. The lowest BCUT2D eigenvalue weighted by atomic mass is 9.81. The number of nitrogens with one attached hydrogen (secondary N) is 2. The van der Waals surface area contributed by atoms with Gasteiger partial charge in [-0.15, -0.1) is 0 Å². The quantitative estimate of drug-likeness (QED) is 0.683. The van der Waals surface area contributed by atoms with Crippen LogP contribution in [0.5, 0.6) is 5.75 Å². The first-order valence-corrected chi connectivity index (χ1v) is 11.3. The zero-order valence-electron chi connectivity index (χ0n) is 18.4. The van der Waals surface area contributed by atoms with Crippen LogP contribution >= 0.6 is 0 Å². The molecule has 166 valence electrons. The number of hydrogen-bond acceptors (Lipinski definition) is 4. The average Bonchev–Trinajstić information content (AvgIpc) is 3.27. The lowest BCUT2D eigenvalue weighted by Gasteiger charge is -2.38. The number of hydrogen-bond donors (Lipinski definition) is 2. The van der Waals surface area contributed by atoms with Gasteiger partial charge in [-0.3, -0.25) is 4.79 Å². The number of ether oxygens (including phenoxy) is 1. The minimum absolute atomic E-state index is 0.0878. The number of carbonyl (C=O) groups is 2. The number of likely N-dealkylation sites (tertiary alicyclic amines) is 2. The second-order valence-corrected chi connectivity index (χ2v) is 8.43. The maximum atomic E-state index is 12.7. The van der Waals surface area contributed by atoms with Crippen molar-refractivity contribution in [3.8, 4) is 5.75 Å². The summed E-state index contributed by atoms with van der Waals surface area (Å²) in [6.45, 7) is 7.51. The number of benzene rings is 1. The summed E-state index contributed by atoms with van der Waals surface area (Å²) >= 11 is 0. The zero-order valence-corrected chi connectivity index (χ0v) is 18.4. The number of amides is 3. The van der Waals surface area contributed by atoms with Crippen LogP contribution in [0.2, 0.25) is 0 Å². The first kappa shape index (κ1) is 22.4. The van der Waals surface area contributed by atoms with Crippen molar-refractivity contribution >= 4 is 17.6 Å². The molecule has 0 spiro atoms. The summed E-state index contributed by atoms with van der Waals surface area (Å²) in [5.41, 5.74) is 0.729. The Balaban J connectivity index is 1.44. The Morgan fingerprint density at radius 3 is 2.70 bits per heavy atom. The monoisotopic (exact) mass is 416 g/mol. The molecule has 2 aliphatic rings. The van der Waals surface area contributed by atoms with Crippen molar-refractivity contribution in [1.82, 2.24) is 15.1 Å². The average molecular weight is 417 g/mol. The summed E-state index contributed by atoms with van der Waals surface area (Å²) in [4.78, 5) is 29.4. The molecule has 3 rings (SSSR count). The van der Waals surface area contributed by atoms with Crippen LogP contribution in [-0.2, 0) is 4.79 Å². The minimum Gasteiger partial charge on any atom is -0.497 e. The molecule has 0 unspecified atom stereocenters. The molecule has 2 fully saturated rings. The van der Waals surface area contributed by atoms with Gasteiger partial charge >= 0.3 is 6.03 Å². The van der Waals surface area contributed by atoms with Crippen LogP contribution in [0.4, 0.5) is 10.5 Å². The molecule has 2 heterocycles. The third kappa shape index (κ3) is 6.36. The van der Waals surface area contributed by atoms with Crippen LogP contribution in [-0.4, -0.2) is 68.1 Å². The Bertz CT molecular complexity index is 705. The molecule has 7 heteroatoms. The topological polar surface area (TPSA) is 73.9 Å². The second kappa shape index (κ2) is 11.2. The first-order valence-electron chi connectivity index (χ1n) is 11.3. The number of piperidine rings is 1. The van der Waals surface area contributed by atoms with Crippen molar-refractivity contribution in [2.45, 2.75) is 39.0 Å². The highest BCUT2D eigenvalue weighted by Crippen LogP contribution is 2.29. The van der Waals surface area contributed by atoms with Gasteiger partial charge in [-0.1, -0.05) is 19.4 Å². The molecule has 2 N–H and O–H groups in total. The molecule has 3 amide bonds. The number of anilines is 1. The number of nitrogens with zero attached hydrogens (tertiary/aromatic N) is 2. The summed E-state index contributed by atoms with van der Waals surface area (Å²) in [5, 5.41) is 6.06. The summed E-state index contributed by atoms with van der Waals surface area (Å²) in [5.74, 6) is 1.54. The maximum absolute atomic E-state index is 12.7. The van der Waals surface area contributed by atoms with Gasteiger partial charge in [0.25, 0.3) is 0 Å². The van der Waals surface area contributed by atoms with E-state index in [1.165, 1.54) is 12.8 Å². The van der Waals surface area contributed by atoms with E-state index in [1.54, 1.807) is 7.11 Å². The van der Waals surface area contributed by atoms with Gasteiger partial charge in [-0.2, -0.15) is 0 Å². The normalized spacial score (nSPS) is 22.0. The summed E-state index contributed by atoms with van der Waals surface area (Å²) in [7, 11) is 1.61. The van der Waals surface area contributed by atoms with Crippen molar-refractivity contribution in [1.29, 1.82) is 0 Å². The van der Waals surface area contributed by atoms with E-state index >= 15 is 0 Å². The van der Waals surface area contributed by atoms with Gasteiger partial charge in [0.2, 0.25) is 5.91 Å². The van der Waals surface area contributed by atoms with Gasteiger partial charge in [0.1, 0.15) is 5.75 Å². The Morgan fingerprint density at radius 1 is 1.17 bits per heavy atom. The van der Waals surface area contributed by atoms with Gasteiger partial charge in [0, 0.05) is 44.4 Å². The van der Waals surface area contributed by atoms with Crippen LogP contribution < -0.4 is 15.4 Å². The highest BCUT2D eigenvalue weighted by molar-refractivity contribution is 5.89. The van der Waals surface area contributed by atoms with Crippen LogP contribution in [0.1, 0.15) is 39.0 Å². The second-order valence-electron chi connectivity index (χ2n) is 8.43. The third-order valence-corrected chi connectivity index (χ3v) is 6.42. The van der Waals surface area contributed by atoms with Crippen molar-refractivity contribution in [3.63, 3.8) is 0 Å². The maximum Gasteiger partial charge on any atom is 0.321 e. The molecular weight excluding hydrogens is 380 g/mol. The molecule has 0 radical (unpaired) electrons. The SMILES string of the molecule is CC[C@@H]1CN(C(=O)Nc2cccc(OC)c2)CC[C@H]1CC(=O)NCCN1CCCC1. The van der Waals surface area contributed by atoms with Gasteiger partial charge in [0.15, 0.2) is 0 Å². The zero-order chi connectivity index (χ0) is 21.3. The third-order valence-electron chi connectivity index (χ3n) is 6.42. The first-order chi connectivity index (χ1) is 14.6. The van der Waals surface area contributed by atoms with Crippen molar-refractivity contribution in [3.05, 3.63) is 24.3 Å². The fourth-order valence-corrected chi connectivity index (χ4v) is 4.57. The predicted octanol–water partition coefficient (Wildman–Crippen LogP) is 3.18. The fraction of sp³-hybridized carbons (Fsp3) is 0.652. The van der Waals surface area contributed by atoms with Crippen LogP contribution in [0.25, 0.3) is 0 Å². The Hall–Kier alpha value is -2.28. The molecule has 1 aromatic carbocycles. The lowest BCUT2D eigenvalue weighted by Crippen LogP contribution is -2.46. The van der Waals surface area contributed by atoms with Crippen molar-refractivity contribution in [2.75, 3.05) is 51.7 Å². The molecule has 0 saturated carbocycles. The Morgan fingerprint density at radius 2 is 1.97 bits per heavy atom. The lowest BCUT2D eigenvalue weighted by molar-refractivity contribution is -0.122. The minimum atomic E-state index is -0.0878. The van der Waals surface area contributed by atoms with Crippen LogP contribution in [0.3, 0.4) is 0 Å². The van der Waals surface area contributed by atoms with Gasteiger partial charge in [-0.05, 0) is 56.3 Å². The highest BCUT2D eigenvalue weighted by Gasteiger charge is 2.31. The van der Waals surface area contributed by atoms with E-state index in [2.05, 4.69) is 22.5 Å². The molecule has 0 bridgehead atoms. The summed E-state index contributed by atoms with van der Waals surface area (Å²) < 4.78 is 5.22. The molecule has 2 aliphatic heterocycles. The van der Waals surface area contributed by atoms with Crippen molar-refractivity contribution < 1.29 is 14.3 Å². The summed E-state index contributed by atoms with van der Waals surface area (Å²) in [6.07, 6.45) is 4.94. The highest BCUT2D eigenvalue weighted by atomic mass is 16.5. The molecule has 2 atom stereocenters. The molecule has 1 aromatic rings. The molecule has 0 aliphatic carbocycles. The number of methoxy groups -OCH3 is 1. The summed E-state index contributed by atoms with van der Waals surface area (Å²) in [6, 6.07) is 7.29. The van der Waals surface area contributed by atoms with E-state index in [1.807, 2.05) is 29.2 Å². The number of rotatable bonds is 8. The molecule has 30 heavy (non-hydrogen) atoms. The van der Waals surface area contributed by atoms with E-state index in [4.69, 9.17) is 4.74 Å². The van der Waals surface area contributed by atoms with E-state index in [9.17, 15) is 9.59 Å². The fourth-order valence-electron chi connectivity index (χ4n) is 4.57. The molecular formula is C23H36N4O3. The van der Waals surface area contributed by atoms with Crippen molar-refractivity contribution in [2.24, 2.45) is 11.8 Å². The standard InChI is InChI=1S/C23H36N4O3/c1-3-18-17-27(23(29)25-20-7-6-8-21(16-20)30-2)13-9-19(18)15-22(28)24-10-14-26-11-4-5-12-26/h6-8,16,18-19H,3-5,9-15,17H2,1-2H3,(H,24,28)(H,25,29)/t18-,19+/m1/s1. The Labute approximate surface area is 180 Å². The molecule has 0 aromatic heterocycles. The Kier molecular flexibility index (Phi) is 8.37. The van der Waals surface area contributed by atoms with Gasteiger partial charge < -0.3 is 25.2 Å². The molecule has 2 saturated heterocycles.